The lowest BCUT2D eigenvalue weighted by Crippen LogP contribution is -2.12. The molecule has 27 heavy (non-hydrogen) atoms. The molecule has 0 bridgehead atoms. The van der Waals surface area contributed by atoms with Crippen LogP contribution in [0.5, 0.6) is 0 Å². The fourth-order valence-electron chi connectivity index (χ4n) is 3.29. The van der Waals surface area contributed by atoms with Crippen LogP contribution in [-0.2, 0) is 6.54 Å². The molecule has 6 nitrogen and oxygen atoms in total. The van der Waals surface area contributed by atoms with E-state index in [1.807, 2.05) is 18.2 Å². The number of benzene rings is 2. The number of amides is 1. The number of fused-ring (bicyclic) bond motifs is 1. The predicted molar refractivity (Wildman–Crippen MR) is 107 cm³/mol. The van der Waals surface area contributed by atoms with Crippen molar-refractivity contribution in [3.8, 4) is 5.69 Å². The lowest BCUT2D eigenvalue weighted by atomic mass is 10.1. The second-order valence-electron chi connectivity index (χ2n) is 6.29. The number of halogens is 1. The lowest BCUT2D eigenvalue weighted by Gasteiger charge is -2.09. The molecular formula is C20H18ClN5O. The molecule has 2 aromatic heterocycles. The van der Waals surface area contributed by atoms with Gasteiger partial charge in [0.1, 0.15) is 12.7 Å². The minimum atomic E-state index is -0.249. The molecule has 0 aliphatic heterocycles. The van der Waals surface area contributed by atoms with Gasteiger partial charge in [-0.2, -0.15) is 0 Å². The lowest BCUT2D eigenvalue weighted by molar-refractivity contribution is 0.102. The van der Waals surface area contributed by atoms with E-state index >= 15 is 0 Å². The van der Waals surface area contributed by atoms with Crippen molar-refractivity contribution in [2.24, 2.45) is 0 Å². The molecule has 0 spiro atoms. The summed E-state index contributed by atoms with van der Waals surface area (Å²) in [5.74, 6) is -0.249. The predicted octanol–water partition coefficient (Wildman–Crippen LogP) is 4.46. The summed E-state index contributed by atoms with van der Waals surface area (Å²) in [4.78, 5) is 12.7. The van der Waals surface area contributed by atoms with Gasteiger partial charge >= 0.3 is 0 Å². The summed E-state index contributed by atoms with van der Waals surface area (Å²) in [5.41, 5.74) is 4.29. The summed E-state index contributed by atoms with van der Waals surface area (Å²) in [5, 5.41) is 11.9. The van der Waals surface area contributed by atoms with Crippen LogP contribution < -0.4 is 5.32 Å². The van der Waals surface area contributed by atoms with Gasteiger partial charge in [-0.3, -0.25) is 9.36 Å². The molecule has 1 amide bonds. The highest BCUT2D eigenvalue weighted by molar-refractivity contribution is 6.34. The Balaban J connectivity index is 1.59. The maximum atomic E-state index is 12.7. The first-order valence-electron chi connectivity index (χ1n) is 8.62. The number of aryl methyl sites for hydroxylation is 2. The third-order valence-corrected chi connectivity index (χ3v) is 4.91. The number of rotatable bonds is 4. The van der Waals surface area contributed by atoms with Crippen molar-refractivity contribution in [3.63, 3.8) is 0 Å². The number of hydrogen-bond donors (Lipinski definition) is 1. The molecule has 4 rings (SSSR count). The summed E-state index contributed by atoms with van der Waals surface area (Å²) in [6.07, 6.45) is 3.15. The summed E-state index contributed by atoms with van der Waals surface area (Å²) >= 11 is 6.33. The molecule has 4 aromatic rings. The van der Waals surface area contributed by atoms with Crippen LogP contribution in [0.25, 0.3) is 16.6 Å². The molecule has 0 aliphatic rings. The van der Waals surface area contributed by atoms with Crippen LogP contribution in [-0.4, -0.2) is 25.2 Å². The zero-order valence-corrected chi connectivity index (χ0v) is 15.7. The van der Waals surface area contributed by atoms with Gasteiger partial charge in [0.05, 0.1) is 10.6 Å². The Morgan fingerprint density at radius 1 is 1.11 bits per heavy atom. The summed E-state index contributed by atoms with van der Waals surface area (Å²) in [7, 11) is 0. The molecule has 0 saturated carbocycles. The van der Waals surface area contributed by atoms with Gasteiger partial charge in [0.25, 0.3) is 5.91 Å². The third kappa shape index (κ3) is 3.19. The van der Waals surface area contributed by atoms with Gasteiger partial charge in [-0.05, 0) is 56.3 Å². The standard InChI is InChI=1S/C20H18ClN5O/c1-3-26-13(2)8-14-9-15(4-7-19(14)26)24-20(27)17-6-5-16(10-18(17)21)25-11-22-23-12-25/h4-12H,3H2,1-2H3,(H,24,27). The second-order valence-corrected chi connectivity index (χ2v) is 6.70. The van der Waals surface area contributed by atoms with Crippen LogP contribution in [0.3, 0.4) is 0 Å². The minimum absolute atomic E-state index is 0.249. The zero-order valence-electron chi connectivity index (χ0n) is 15.0. The maximum absolute atomic E-state index is 12.7. The van der Waals surface area contributed by atoms with Crippen molar-refractivity contribution in [2.45, 2.75) is 20.4 Å². The molecule has 0 atom stereocenters. The van der Waals surface area contributed by atoms with Crippen LogP contribution in [0.4, 0.5) is 5.69 Å². The molecule has 2 heterocycles. The van der Waals surface area contributed by atoms with Crippen molar-refractivity contribution in [1.82, 2.24) is 19.3 Å². The molecule has 0 aliphatic carbocycles. The number of nitrogens with one attached hydrogen (secondary N) is 1. The number of hydrogen-bond acceptors (Lipinski definition) is 3. The number of aromatic nitrogens is 4. The summed E-state index contributed by atoms with van der Waals surface area (Å²) < 4.78 is 3.96. The highest BCUT2D eigenvalue weighted by Crippen LogP contribution is 2.25. The van der Waals surface area contributed by atoms with E-state index in [0.29, 0.717) is 10.6 Å². The van der Waals surface area contributed by atoms with Crippen molar-refractivity contribution in [3.05, 3.63) is 71.4 Å². The molecule has 0 saturated heterocycles. The molecule has 0 radical (unpaired) electrons. The normalized spacial score (nSPS) is 11.1. The highest BCUT2D eigenvalue weighted by Gasteiger charge is 2.13. The molecule has 7 heteroatoms. The van der Waals surface area contributed by atoms with Gasteiger partial charge in [0.2, 0.25) is 0 Å². The van der Waals surface area contributed by atoms with E-state index in [-0.39, 0.29) is 5.91 Å². The molecule has 2 aromatic carbocycles. The maximum Gasteiger partial charge on any atom is 0.257 e. The average molecular weight is 380 g/mol. The fourth-order valence-corrected chi connectivity index (χ4v) is 3.55. The number of carbonyl (C=O) groups is 1. The van der Waals surface area contributed by atoms with Gasteiger partial charge in [-0.1, -0.05) is 11.6 Å². The number of anilines is 1. The molecule has 0 unspecified atom stereocenters. The first-order valence-corrected chi connectivity index (χ1v) is 9.00. The SMILES string of the molecule is CCn1c(C)cc2cc(NC(=O)c3ccc(-n4cnnc4)cc3Cl)ccc21. The highest BCUT2D eigenvalue weighted by atomic mass is 35.5. The van der Waals surface area contributed by atoms with Crippen LogP contribution in [0.1, 0.15) is 23.0 Å². The molecule has 0 fully saturated rings. The Hall–Kier alpha value is -3.12. The van der Waals surface area contributed by atoms with Crippen molar-refractivity contribution in [2.75, 3.05) is 5.32 Å². The summed E-state index contributed by atoms with van der Waals surface area (Å²) in [6, 6.07) is 13.2. The van der Waals surface area contributed by atoms with Gasteiger partial charge in [0.15, 0.2) is 0 Å². The zero-order chi connectivity index (χ0) is 19.0. The van der Waals surface area contributed by atoms with Crippen LogP contribution >= 0.6 is 11.6 Å². The van der Waals surface area contributed by atoms with Crippen molar-refractivity contribution < 1.29 is 4.79 Å². The van der Waals surface area contributed by atoms with Crippen LogP contribution in [0.15, 0.2) is 55.1 Å². The van der Waals surface area contributed by atoms with E-state index in [1.54, 1.807) is 35.4 Å². The Morgan fingerprint density at radius 2 is 1.89 bits per heavy atom. The van der Waals surface area contributed by atoms with Gasteiger partial charge in [0, 0.05) is 34.5 Å². The average Bonchev–Trinajstić information content (AvgIpc) is 3.28. The Labute approximate surface area is 161 Å². The van der Waals surface area contributed by atoms with Gasteiger partial charge < -0.3 is 9.88 Å². The molecule has 136 valence electrons. The van der Waals surface area contributed by atoms with E-state index in [0.717, 1.165) is 28.8 Å². The van der Waals surface area contributed by atoms with E-state index in [2.05, 4.69) is 40.0 Å². The monoisotopic (exact) mass is 379 g/mol. The van der Waals surface area contributed by atoms with E-state index < -0.39 is 0 Å². The summed E-state index contributed by atoms with van der Waals surface area (Å²) in [6.45, 7) is 5.11. The van der Waals surface area contributed by atoms with E-state index in [9.17, 15) is 4.79 Å². The fraction of sp³-hybridized carbons (Fsp3) is 0.150. The van der Waals surface area contributed by atoms with Crippen molar-refractivity contribution >= 4 is 34.1 Å². The minimum Gasteiger partial charge on any atom is -0.345 e. The Bertz CT molecular complexity index is 1130. The molecular weight excluding hydrogens is 362 g/mol. The van der Waals surface area contributed by atoms with Gasteiger partial charge in [-0.25, -0.2) is 0 Å². The first kappa shape index (κ1) is 17.3. The third-order valence-electron chi connectivity index (χ3n) is 4.60. The van der Waals surface area contributed by atoms with Gasteiger partial charge in [-0.15, -0.1) is 10.2 Å². The Kier molecular flexibility index (Phi) is 4.41. The Morgan fingerprint density at radius 3 is 2.59 bits per heavy atom. The topological polar surface area (TPSA) is 64.7 Å². The van der Waals surface area contributed by atoms with Crippen molar-refractivity contribution in [1.29, 1.82) is 0 Å². The quantitative estimate of drug-likeness (QED) is 0.569. The number of carbonyl (C=O) groups excluding carboxylic acids is 1. The first-order chi connectivity index (χ1) is 13.1. The van der Waals surface area contributed by atoms with Crippen LogP contribution in [0, 0.1) is 6.92 Å². The number of nitrogens with zero attached hydrogens (tertiary/aromatic N) is 4. The van der Waals surface area contributed by atoms with E-state index in [4.69, 9.17) is 11.6 Å². The van der Waals surface area contributed by atoms with Crippen LogP contribution in [0.2, 0.25) is 5.02 Å². The molecule has 1 N–H and O–H groups in total. The largest absolute Gasteiger partial charge is 0.345 e. The smallest absolute Gasteiger partial charge is 0.257 e. The van der Waals surface area contributed by atoms with E-state index in [1.165, 1.54) is 5.69 Å². The second kappa shape index (κ2) is 6.89.